The molecule has 0 radical (unpaired) electrons. The van der Waals surface area contributed by atoms with Gasteiger partial charge in [-0.3, -0.25) is 4.79 Å². The Morgan fingerprint density at radius 1 is 1.42 bits per heavy atom. The number of carbonyl (C=O) groups excluding carboxylic acids is 1. The van der Waals surface area contributed by atoms with Crippen molar-refractivity contribution in [2.45, 2.75) is 27.2 Å². The molecule has 1 amide bonds. The summed E-state index contributed by atoms with van der Waals surface area (Å²) in [6.45, 7) is 5.90. The van der Waals surface area contributed by atoms with Crippen LogP contribution in [0.2, 0.25) is 0 Å². The van der Waals surface area contributed by atoms with Crippen molar-refractivity contribution >= 4 is 27.5 Å². The molecule has 0 bridgehead atoms. The molecule has 1 N–H and O–H groups in total. The molecule has 1 rings (SSSR count). The second kappa shape index (κ2) is 7.02. The van der Waals surface area contributed by atoms with Crippen LogP contribution in [0.25, 0.3) is 0 Å². The van der Waals surface area contributed by atoms with Gasteiger partial charge in [-0.2, -0.15) is 12.7 Å². The SMILES string of the molecule is CCN(CC)S(=O)(=O)NC(=O)[C@@H](C)Cc1cccs1. The third-order valence-corrected chi connectivity index (χ3v) is 5.36. The lowest BCUT2D eigenvalue weighted by atomic mass is 10.1. The summed E-state index contributed by atoms with van der Waals surface area (Å²) in [5.41, 5.74) is 0. The molecule has 1 heterocycles. The Morgan fingerprint density at radius 2 is 2.05 bits per heavy atom. The number of rotatable bonds is 7. The van der Waals surface area contributed by atoms with Crippen molar-refractivity contribution in [2.75, 3.05) is 13.1 Å². The van der Waals surface area contributed by atoms with Crippen molar-refractivity contribution in [3.05, 3.63) is 22.4 Å². The summed E-state index contributed by atoms with van der Waals surface area (Å²) in [5.74, 6) is -0.829. The maximum Gasteiger partial charge on any atom is 0.303 e. The number of hydrogen-bond donors (Lipinski definition) is 1. The van der Waals surface area contributed by atoms with Crippen LogP contribution in [-0.4, -0.2) is 31.7 Å². The summed E-state index contributed by atoms with van der Waals surface area (Å²) in [5, 5.41) is 1.94. The monoisotopic (exact) mass is 304 g/mol. The zero-order chi connectivity index (χ0) is 14.5. The summed E-state index contributed by atoms with van der Waals surface area (Å²) in [4.78, 5) is 13.0. The van der Waals surface area contributed by atoms with Gasteiger partial charge in [-0.25, -0.2) is 4.72 Å². The molecule has 1 aromatic heterocycles. The maximum absolute atomic E-state index is 11.9. The molecular formula is C12H20N2O3S2. The van der Waals surface area contributed by atoms with E-state index >= 15 is 0 Å². The molecule has 5 nitrogen and oxygen atoms in total. The van der Waals surface area contributed by atoms with Crippen LogP contribution in [0.15, 0.2) is 17.5 Å². The maximum atomic E-state index is 11.9. The van der Waals surface area contributed by atoms with E-state index in [4.69, 9.17) is 0 Å². The minimum absolute atomic E-state index is 0.346. The first-order valence-electron chi connectivity index (χ1n) is 6.24. The zero-order valence-corrected chi connectivity index (χ0v) is 13.1. The van der Waals surface area contributed by atoms with Gasteiger partial charge in [-0.1, -0.05) is 26.8 Å². The topological polar surface area (TPSA) is 66.5 Å². The van der Waals surface area contributed by atoms with Crippen LogP contribution in [0.5, 0.6) is 0 Å². The largest absolute Gasteiger partial charge is 0.303 e. The fourth-order valence-electron chi connectivity index (χ4n) is 1.68. The second-order valence-corrected chi connectivity index (χ2v) is 6.94. The van der Waals surface area contributed by atoms with Crippen LogP contribution in [0, 0.1) is 5.92 Å². The molecule has 0 aliphatic heterocycles. The Labute approximate surface area is 118 Å². The second-order valence-electron chi connectivity index (χ2n) is 4.24. The number of nitrogens with one attached hydrogen (secondary N) is 1. The van der Waals surface area contributed by atoms with E-state index in [-0.39, 0.29) is 5.92 Å². The van der Waals surface area contributed by atoms with Crippen LogP contribution in [0.1, 0.15) is 25.6 Å². The van der Waals surface area contributed by atoms with Crippen molar-refractivity contribution < 1.29 is 13.2 Å². The molecule has 0 unspecified atom stereocenters. The summed E-state index contributed by atoms with van der Waals surface area (Å²) >= 11 is 1.56. The summed E-state index contributed by atoms with van der Waals surface area (Å²) in [6.07, 6.45) is 0.553. The van der Waals surface area contributed by atoms with Gasteiger partial charge in [0.15, 0.2) is 0 Å². The van der Waals surface area contributed by atoms with E-state index in [1.54, 1.807) is 32.1 Å². The third-order valence-electron chi connectivity index (χ3n) is 2.81. The summed E-state index contributed by atoms with van der Waals surface area (Å²) < 4.78 is 27.2. The first-order valence-corrected chi connectivity index (χ1v) is 8.56. The highest BCUT2D eigenvalue weighted by Crippen LogP contribution is 2.14. The van der Waals surface area contributed by atoms with Crippen molar-refractivity contribution in [3.63, 3.8) is 0 Å². The minimum Gasteiger partial charge on any atom is -0.274 e. The molecule has 0 aliphatic rings. The number of nitrogens with zero attached hydrogens (tertiary/aromatic N) is 1. The molecule has 0 aromatic carbocycles. The first-order chi connectivity index (χ1) is 8.90. The molecule has 0 spiro atoms. The van der Waals surface area contributed by atoms with Crippen molar-refractivity contribution in [1.29, 1.82) is 0 Å². The van der Waals surface area contributed by atoms with Crippen LogP contribution in [0.3, 0.4) is 0 Å². The molecule has 19 heavy (non-hydrogen) atoms. The van der Waals surface area contributed by atoms with E-state index in [1.165, 1.54) is 4.31 Å². The van der Waals surface area contributed by atoms with Gasteiger partial charge >= 0.3 is 10.2 Å². The average Bonchev–Trinajstić information content (AvgIpc) is 2.82. The van der Waals surface area contributed by atoms with E-state index in [1.807, 2.05) is 17.5 Å². The Bertz CT molecular complexity index is 493. The van der Waals surface area contributed by atoms with Crippen molar-refractivity contribution in [3.8, 4) is 0 Å². The van der Waals surface area contributed by atoms with E-state index in [0.717, 1.165) is 4.88 Å². The standard InChI is InChI=1S/C12H20N2O3S2/c1-4-14(5-2)19(16,17)13-12(15)10(3)9-11-7-6-8-18-11/h6-8,10H,4-5,9H2,1-3H3,(H,13,15)/t10-/m0/s1. The highest BCUT2D eigenvalue weighted by Gasteiger charge is 2.24. The van der Waals surface area contributed by atoms with Crippen molar-refractivity contribution in [1.82, 2.24) is 9.03 Å². The molecular weight excluding hydrogens is 284 g/mol. The molecule has 7 heteroatoms. The molecule has 108 valence electrons. The van der Waals surface area contributed by atoms with Gasteiger partial charge in [-0.15, -0.1) is 11.3 Å². The lowest BCUT2D eigenvalue weighted by Gasteiger charge is -2.20. The normalized spacial score (nSPS) is 13.5. The van der Waals surface area contributed by atoms with Crippen LogP contribution < -0.4 is 4.72 Å². The smallest absolute Gasteiger partial charge is 0.274 e. The number of amides is 1. The zero-order valence-electron chi connectivity index (χ0n) is 11.4. The Morgan fingerprint density at radius 3 is 2.53 bits per heavy atom. The highest BCUT2D eigenvalue weighted by molar-refractivity contribution is 7.87. The van der Waals surface area contributed by atoms with Gasteiger partial charge in [0.25, 0.3) is 0 Å². The van der Waals surface area contributed by atoms with Crippen LogP contribution in [-0.2, 0) is 21.4 Å². The van der Waals surface area contributed by atoms with Gasteiger partial charge in [-0.05, 0) is 17.9 Å². The average molecular weight is 304 g/mol. The number of carbonyl (C=O) groups is 1. The predicted molar refractivity (Wildman–Crippen MR) is 77.2 cm³/mol. The minimum atomic E-state index is -3.71. The number of hydrogen-bond acceptors (Lipinski definition) is 4. The van der Waals surface area contributed by atoms with E-state index in [2.05, 4.69) is 4.72 Å². The van der Waals surface area contributed by atoms with Gasteiger partial charge in [0, 0.05) is 23.9 Å². The van der Waals surface area contributed by atoms with Crippen molar-refractivity contribution in [2.24, 2.45) is 5.92 Å². The lowest BCUT2D eigenvalue weighted by molar-refractivity contribution is -0.122. The molecule has 1 atom stereocenters. The molecule has 0 aliphatic carbocycles. The summed E-state index contributed by atoms with van der Waals surface area (Å²) in [6, 6.07) is 3.85. The molecule has 0 saturated carbocycles. The van der Waals surface area contributed by atoms with Crippen LogP contribution >= 0.6 is 11.3 Å². The Kier molecular flexibility index (Phi) is 5.96. The van der Waals surface area contributed by atoms with E-state index < -0.39 is 16.1 Å². The van der Waals surface area contributed by atoms with Gasteiger partial charge in [0.2, 0.25) is 5.91 Å². The van der Waals surface area contributed by atoms with Gasteiger partial charge in [0.1, 0.15) is 0 Å². The van der Waals surface area contributed by atoms with Gasteiger partial charge < -0.3 is 0 Å². The summed E-state index contributed by atoms with van der Waals surface area (Å²) in [7, 11) is -3.71. The molecule has 1 aromatic rings. The quantitative estimate of drug-likeness (QED) is 0.832. The Hall–Kier alpha value is -0.920. The Balaban J connectivity index is 2.63. The lowest BCUT2D eigenvalue weighted by Crippen LogP contribution is -2.45. The fourth-order valence-corrected chi connectivity index (χ4v) is 3.78. The van der Waals surface area contributed by atoms with E-state index in [0.29, 0.717) is 19.5 Å². The number of thiophene rings is 1. The highest BCUT2D eigenvalue weighted by atomic mass is 32.2. The fraction of sp³-hybridized carbons (Fsp3) is 0.583. The van der Waals surface area contributed by atoms with Crippen LogP contribution in [0.4, 0.5) is 0 Å². The first kappa shape index (κ1) is 16.1. The molecule has 0 fully saturated rings. The molecule has 0 saturated heterocycles. The predicted octanol–water partition coefficient (Wildman–Crippen LogP) is 1.63. The van der Waals surface area contributed by atoms with E-state index in [9.17, 15) is 13.2 Å². The van der Waals surface area contributed by atoms with Gasteiger partial charge in [0.05, 0.1) is 0 Å². The third kappa shape index (κ3) is 4.59.